The zero-order chi connectivity index (χ0) is 21.1. The highest BCUT2D eigenvalue weighted by Gasteiger charge is 2.27. The minimum atomic E-state index is -0.747. The van der Waals surface area contributed by atoms with Crippen molar-refractivity contribution < 1.29 is 13.2 Å². The van der Waals surface area contributed by atoms with Crippen LogP contribution in [0.4, 0.5) is 13.2 Å². The molecule has 0 heterocycles. The second kappa shape index (κ2) is 9.41. The van der Waals surface area contributed by atoms with Gasteiger partial charge in [-0.2, -0.15) is 0 Å². The fourth-order valence-electron chi connectivity index (χ4n) is 5.28. The van der Waals surface area contributed by atoms with Gasteiger partial charge in [0.05, 0.1) is 0 Å². The molecule has 2 aromatic rings. The third kappa shape index (κ3) is 4.36. The molecule has 0 aliphatic heterocycles. The number of halogens is 3. The quantitative estimate of drug-likeness (QED) is 0.418. The van der Waals surface area contributed by atoms with E-state index >= 15 is 8.78 Å². The fraction of sp³-hybridized carbons (Fsp3) is 0.481. The Balaban J connectivity index is 1.50. The lowest BCUT2D eigenvalue weighted by Crippen LogP contribution is -2.15. The van der Waals surface area contributed by atoms with Crippen LogP contribution < -0.4 is 0 Å². The monoisotopic (exact) mass is 412 g/mol. The molecule has 0 N–H and O–H groups in total. The van der Waals surface area contributed by atoms with Crippen LogP contribution in [0.1, 0.15) is 92.9 Å². The van der Waals surface area contributed by atoms with E-state index in [2.05, 4.69) is 6.92 Å². The van der Waals surface area contributed by atoms with Crippen molar-refractivity contribution in [1.82, 2.24) is 0 Å². The standard InChI is InChI=1S/C27H31F3/c1-2-3-4-6-18-9-11-19(12-10-18)23-15-16-24(27(30)26(23)29)21-13-14-22-20(17-21)7-5-8-25(22)28/h5,7-8,15-19H,2-4,6,9-14H2,1H3. The Morgan fingerprint density at radius 1 is 0.867 bits per heavy atom. The van der Waals surface area contributed by atoms with Gasteiger partial charge in [-0.05, 0) is 78.7 Å². The second-order valence-electron chi connectivity index (χ2n) is 9.02. The summed E-state index contributed by atoms with van der Waals surface area (Å²) < 4.78 is 44.0. The number of unbranched alkanes of at least 4 members (excludes halogenated alkanes) is 2. The van der Waals surface area contributed by atoms with Crippen LogP contribution in [0.5, 0.6) is 0 Å². The lowest BCUT2D eigenvalue weighted by Gasteiger charge is -2.29. The molecule has 30 heavy (non-hydrogen) atoms. The number of hydrogen-bond acceptors (Lipinski definition) is 0. The fourth-order valence-corrected chi connectivity index (χ4v) is 5.28. The van der Waals surface area contributed by atoms with Gasteiger partial charge in [-0.25, -0.2) is 13.2 Å². The molecule has 1 fully saturated rings. The molecule has 3 heteroatoms. The van der Waals surface area contributed by atoms with E-state index in [0.717, 1.165) is 42.7 Å². The Hall–Kier alpha value is -2.03. The van der Waals surface area contributed by atoms with Crippen LogP contribution >= 0.6 is 0 Å². The Morgan fingerprint density at radius 3 is 2.43 bits per heavy atom. The minimum absolute atomic E-state index is 0.117. The Morgan fingerprint density at radius 2 is 1.67 bits per heavy atom. The Kier molecular flexibility index (Phi) is 6.65. The molecule has 4 rings (SSSR count). The van der Waals surface area contributed by atoms with E-state index in [0.29, 0.717) is 29.5 Å². The number of allylic oxidation sites excluding steroid dienone is 1. The lowest BCUT2D eigenvalue weighted by atomic mass is 9.76. The summed E-state index contributed by atoms with van der Waals surface area (Å²) >= 11 is 0. The molecule has 0 amide bonds. The van der Waals surface area contributed by atoms with Crippen molar-refractivity contribution in [2.45, 2.75) is 77.0 Å². The predicted octanol–water partition coefficient (Wildman–Crippen LogP) is 8.44. The molecule has 0 bridgehead atoms. The molecule has 2 aromatic carbocycles. The van der Waals surface area contributed by atoms with E-state index in [1.165, 1.54) is 31.7 Å². The normalized spacial score (nSPS) is 21.3. The second-order valence-corrected chi connectivity index (χ2v) is 9.02. The van der Waals surface area contributed by atoms with Crippen molar-refractivity contribution >= 4 is 11.6 Å². The van der Waals surface area contributed by atoms with Gasteiger partial charge in [0.1, 0.15) is 5.82 Å². The van der Waals surface area contributed by atoms with E-state index in [1.54, 1.807) is 24.3 Å². The van der Waals surface area contributed by atoms with Gasteiger partial charge in [-0.1, -0.05) is 62.9 Å². The summed E-state index contributed by atoms with van der Waals surface area (Å²) in [6, 6.07) is 8.46. The van der Waals surface area contributed by atoms with Gasteiger partial charge in [-0.3, -0.25) is 0 Å². The first-order valence-electron chi connectivity index (χ1n) is 11.5. The van der Waals surface area contributed by atoms with E-state index in [9.17, 15) is 4.39 Å². The Labute approximate surface area is 178 Å². The van der Waals surface area contributed by atoms with Gasteiger partial charge >= 0.3 is 0 Å². The highest BCUT2D eigenvalue weighted by molar-refractivity contribution is 5.84. The molecule has 2 aliphatic rings. The molecular formula is C27H31F3. The maximum atomic E-state index is 15.0. The highest BCUT2D eigenvalue weighted by atomic mass is 19.2. The van der Waals surface area contributed by atoms with E-state index in [-0.39, 0.29) is 11.7 Å². The SMILES string of the molecule is CCCCCC1CCC(c2ccc(C3=Cc4cccc(F)c4CC3)c(F)c2F)CC1. The van der Waals surface area contributed by atoms with E-state index in [1.807, 2.05) is 6.07 Å². The average Bonchev–Trinajstić information content (AvgIpc) is 2.76. The molecule has 0 nitrogen and oxygen atoms in total. The van der Waals surface area contributed by atoms with Crippen molar-refractivity contribution in [3.05, 3.63) is 70.0 Å². The average molecular weight is 413 g/mol. The lowest BCUT2D eigenvalue weighted by molar-refractivity contribution is 0.298. The van der Waals surface area contributed by atoms with Crippen LogP contribution in [0, 0.1) is 23.4 Å². The molecule has 2 aliphatic carbocycles. The third-order valence-electron chi connectivity index (χ3n) is 7.09. The first-order chi connectivity index (χ1) is 14.6. The molecule has 0 unspecified atom stereocenters. The smallest absolute Gasteiger partial charge is 0.166 e. The topological polar surface area (TPSA) is 0 Å². The minimum Gasteiger partial charge on any atom is -0.207 e. The summed E-state index contributed by atoms with van der Waals surface area (Å²) in [7, 11) is 0. The van der Waals surface area contributed by atoms with Crippen LogP contribution in [-0.4, -0.2) is 0 Å². The van der Waals surface area contributed by atoms with Crippen LogP contribution in [0.25, 0.3) is 11.6 Å². The van der Waals surface area contributed by atoms with Gasteiger partial charge < -0.3 is 0 Å². The van der Waals surface area contributed by atoms with Gasteiger partial charge in [0, 0.05) is 5.56 Å². The summed E-state index contributed by atoms with van der Waals surface area (Å²) in [5, 5.41) is 0. The zero-order valence-electron chi connectivity index (χ0n) is 17.8. The molecular weight excluding hydrogens is 381 g/mol. The van der Waals surface area contributed by atoms with E-state index < -0.39 is 11.6 Å². The van der Waals surface area contributed by atoms with Crippen LogP contribution in [0.15, 0.2) is 30.3 Å². The van der Waals surface area contributed by atoms with Crippen molar-refractivity contribution in [3.63, 3.8) is 0 Å². The predicted molar refractivity (Wildman–Crippen MR) is 118 cm³/mol. The molecule has 0 radical (unpaired) electrons. The molecule has 0 aromatic heterocycles. The molecule has 0 spiro atoms. The van der Waals surface area contributed by atoms with Gasteiger partial charge in [-0.15, -0.1) is 0 Å². The van der Waals surface area contributed by atoms with Crippen molar-refractivity contribution in [2.75, 3.05) is 0 Å². The number of benzene rings is 2. The largest absolute Gasteiger partial charge is 0.207 e. The summed E-state index contributed by atoms with van der Waals surface area (Å²) in [5.74, 6) is -0.800. The summed E-state index contributed by atoms with van der Waals surface area (Å²) in [5.41, 5.74) is 3.03. The van der Waals surface area contributed by atoms with Crippen molar-refractivity contribution in [3.8, 4) is 0 Å². The first-order valence-corrected chi connectivity index (χ1v) is 11.5. The number of fused-ring (bicyclic) bond motifs is 1. The van der Waals surface area contributed by atoms with Crippen LogP contribution in [0.2, 0.25) is 0 Å². The van der Waals surface area contributed by atoms with E-state index in [4.69, 9.17) is 0 Å². The Bertz CT molecular complexity index is 920. The summed E-state index contributed by atoms with van der Waals surface area (Å²) in [4.78, 5) is 0. The van der Waals surface area contributed by atoms with Gasteiger partial charge in [0.15, 0.2) is 11.6 Å². The maximum absolute atomic E-state index is 15.0. The maximum Gasteiger partial charge on any atom is 0.166 e. The first kappa shape index (κ1) is 21.2. The number of hydrogen-bond donors (Lipinski definition) is 0. The zero-order valence-corrected chi connectivity index (χ0v) is 17.8. The number of rotatable bonds is 6. The van der Waals surface area contributed by atoms with Crippen LogP contribution in [0.3, 0.4) is 0 Å². The summed E-state index contributed by atoms with van der Waals surface area (Å²) in [6.07, 6.45) is 12.0. The van der Waals surface area contributed by atoms with Crippen molar-refractivity contribution in [2.24, 2.45) is 5.92 Å². The molecule has 0 saturated heterocycles. The molecule has 160 valence electrons. The summed E-state index contributed by atoms with van der Waals surface area (Å²) in [6.45, 7) is 2.22. The molecule has 0 atom stereocenters. The third-order valence-corrected chi connectivity index (χ3v) is 7.09. The van der Waals surface area contributed by atoms with Crippen LogP contribution in [-0.2, 0) is 6.42 Å². The highest BCUT2D eigenvalue weighted by Crippen LogP contribution is 2.41. The van der Waals surface area contributed by atoms with Crippen molar-refractivity contribution in [1.29, 1.82) is 0 Å². The van der Waals surface area contributed by atoms with Gasteiger partial charge in [0.2, 0.25) is 0 Å². The molecule has 1 saturated carbocycles. The van der Waals surface area contributed by atoms with Gasteiger partial charge in [0.25, 0.3) is 0 Å².